The number of aliphatic hydroxyl groups is 2. The molecule has 122 valence electrons. The maximum Gasteiger partial charge on any atom is 0.123 e. The summed E-state index contributed by atoms with van der Waals surface area (Å²) in [5, 5.41) is 20.3. The Kier molecular flexibility index (Phi) is 4.71. The van der Waals surface area contributed by atoms with Crippen molar-refractivity contribution >= 4 is 0 Å². The lowest BCUT2D eigenvalue weighted by atomic mass is 9.94. The number of aliphatic hydroxyl groups excluding tert-OH is 2. The summed E-state index contributed by atoms with van der Waals surface area (Å²) < 4.78 is 13.1. The number of aromatic nitrogens is 1. The van der Waals surface area contributed by atoms with E-state index < -0.39 is 6.10 Å². The molecule has 1 aromatic heterocycles. The third-order valence-electron chi connectivity index (χ3n) is 4.66. The summed E-state index contributed by atoms with van der Waals surface area (Å²) in [6.45, 7) is 3.06. The second kappa shape index (κ2) is 6.74. The number of nitrogens with zero attached hydrogens (tertiary/aromatic N) is 2. The average Bonchev–Trinajstić information content (AvgIpc) is 2.86. The predicted octanol–water partition coefficient (Wildman–Crippen LogP) is 1.85. The molecule has 1 aliphatic rings. The molecular formula is C18H21FN2O2. The highest BCUT2D eigenvalue weighted by Crippen LogP contribution is 2.33. The number of aryl methyl sites for hydroxylation is 1. The van der Waals surface area contributed by atoms with Gasteiger partial charge in [0.2, 0.25) is 0 Å². The van der Waals surface area contributed by atoms with E-state index in [0.29, 0.717) is 13.1 Å². The lowest BCUT2D eigenvalue weighted by Gasteiger charge is -2.24. The van der Waals surface area contributed by atoms with Gasteiger partial charge in [-0.3, -0.25) is 9.88 Å². The maximum atomic E-state index is 13.1. The molecule has 4 nitrogen and oxygen atoms in total. The van der Waals surface area contributed by atoms with Crippen molar-refractivity contribution in [1.29, 1.82) is 0 Å². The molecule has 2 heterocycles. The second-order valence-electron chi connectivity index (χ2n) is 6.09. The molecule has 23 heavy (non-hydrogen) atoms. The van der Waals surface area contributed by atoms with E-state index in [-0.39, 0.29) is 24.4 Å². The minimum Gasteiger partial charge on any atom is -0.395 e. The van der Waals surface area contributed by atoms with Gasteiger partial charge in [-0.1, -0.05) is 18.2 Å². The van der Waals surface area contributed by atoms with Crippen LogP contribution in [-0.4, -0.2) is 45.4 Å². The van der Waals surface area contributed by atoms with Crippen molar-refractivity contribution in [2.24, 2.45) is 0 Å². The Morgan fingerprint density at radius 3 is 2.65 bits per heavy atom. The van der Waals surface area contributed by atoms with Crippen LogP contribution in [0, 0.1) is 12.7 Å². The number of rotatable bonds is 4. The summed E-state index contributed by atoms with van der Waals surface area (Å²) in [5.41, 5.74) is 2.92. The standard InChI is InChI=1S/C18H21FN2O2/c1-12-3-2-8-20-16(12)10-21-9-15(18(23)17(21)11-22)13-4-6-14(19)7-5-13/h2-8,15,17-18,22-23H,9-11H2,1H3/t15-,17-,18-/m1/s1. The highest BCUT2D eigenvalue weighted by atomic mass is 19.1. The van der Waals surface area contributed by atoms with Gasteiger partial charge >= 0.3 is 0 Å². The highest BCUT2D eigenvalue weighted by Gasteiger charge is 2.41. The monoisotopic (exact) mass is 316 g/mol. The van der Waals surface area contributed by atoms with Gasteiger partial charge in [-0.25, -0.2) is 4.39 Å². The van der Waals surface area contributed by atoms with Crippen LogP contribution in [0.25, 0.3) is 0 Å². The zero-order valence-electron chi connectivity index (χ0n) is 13.1. The third-order valence-corrected chi connectivity index (χ3v) is 4.66. The molecule has 2 aromatic rings. The van der Waals surface area contributed by atoms with Crippen molar-refractivity contribution in [2.75, 3.05) is 13.2 Å². The van der Waals surface area contributed by atoms with Gasteiger partial charge in [0, 0.05) is 25.2 Å². The first kappa shape index (κ1) is 16.1. The molecule has 1 fully saturated rings. The van der Waals surface area contributed by atoms with Crippen molar-refractivity contribution in [3.05, 3.63) is 65.2 Å². The molecule has 1 aliphatic heterocycles. The SMILES string of the molecule is Cc1cccnc1CN1C[C@H](c2ccc(F)cc2)[C@@H](O)[C@H]1CO. The third kappa shape index (κ3) is 3.27. The van der Waals surface area contributed by atoms with E-state index in [1.807, 2.05) is 24.0 Å². The normalized spacial score (nSPS) is 25.0. The van der Waals surface area contributed by atoms with Crippen molar-refractivity contribution in [3.63, 3.8) is 0 Å². The minimum absolute atomic E-state index is 0.120. The Hall–Kier alpha value is -1.82. The van der Waals surface area contributed by atoms with E-state index in [2.05, 4.69) is 4.98 Å². The highest BCUT2D eigenvalue weighted by molar-refractivity contribution is 5.25. The molecule has 3 atom stereocenters. The van der Waals surface area contributed by atoms with Crippen LogP contribution in [0.5, 0.6) is 0 Å². The number of hydrogen-bond acceptors (Lipinski definition) is 4. The quantitative estimate of drug-likeness (QED) is 0.904. The van der Waals surface area contributed by atoms with Crippen molar-refractivity contribution in [1.82, 2.24) is 9.88 Å². The van der Waals surface area contributed by atoms with Gasteiger partial charge in [-0.05, 0) is 36.2 Å². The van der Waals surface area contributed by atoms with Gasteiger partial charge in [0.1, 0.15) is 5.82 Å². The molecule has 2 N–H and O–H groups in total. The van der Waals surface area contributed by atoms with Gasteiger partial charge in [0.15, 0.2) is 0 Å². The molecule has 0 spiro atoms. The molecule has 0 saturated carbocycles. The van der Waals surface area contributed by atoms with Crippen LogP contribution < -0.4 is 0 Å². The summed E-state index contributed by atoms with van der Waals surface area (Å²) in [6, 6.07) is 9.76. The molecule has 0 bridgehead atoms. The fourth-order valence-corrected chi connectivity index (χ4v) is 3.27. The summed E-state index contributed by atoms with van der Waals surface area (Å²) in [5.74, 6) is -0.433. The van der Waals surface area contributed by atoms with E-state index in [9.17, 15) is 14.6 Å². The van der Waals surface area contributed by atoms with E-state index >= 15 is 0 Å². The molecular weight excluding hydrogens is 295 g/mol. The van der Waals surface area contributed by atoms with Crippen LogP contribution in [0.3, 0.4) is 0 Å². The lowest BCUT2D eigenvalue weighted by Crippen LogP contribution is -2.38. The molecule has 1 saturated heterocycles. The van der Waals surface area contributed by atoms with Gasteiger partial charge < -0.3 is 10.2 Å². The molecule has 0 aliphatic carbocycles. The van der Waals surface area contributed by atoms with Gasteiger partial charge in [0.25, 0.3) is 0 Å². The van der Waals surface area contributed by atoms with Crippen molar-refractivity contribution in [2.45, 2.75) is 31.5 Å². The van der Waals surface area contributed by atoms with Crippen LogP contribution >= 0.6 is 0 Å². The number of benzene rings is 1. The van der Waals surface area contributed by atoms with Gasteiger partial charge in [-0.2, -0.15) is 0 Å². The van der Waals surface area contributed by atoms with E-state index in [0.717, 1.165) is 16.8 Å². The lowest BCUT2D eigenvalue weighted by molar-refractivity contribution is 0.0635. The second-order valence-corrected chi connectivity index (χ2v) is 6.09. The number of hydrogen-bond donors (Lipinski definition) is 2. The molecule has 3 rings (SSSR count). The van der Waals surface area contributed by atoms with Crippen LogP contribution in [0.2, 0.25) is 0 Å². The Bertz CT molecular complexity index is 662. The molecule has 0 radical (unpaired) electrons. The minimum atomic E-state index is -0.686. The van der Waals surface area contributed by atoms with Gasteiger partial charge in [-0.15, -0.1) is 0 Å². The smallest absolute Gasteiger partial charge is 0.123 e. The van der Waals surface area contributed by atoms with Crippen LogP contribution in [-0.2, 0) is 6.54 Å². The van der Waals surface area contributed by atoms with Crippen LogP contribution in [0.15, 0.2) is 42.6 Å². The number of pyridine rings is 1. The number of likely N-dealkylation sites (tertiary alicyclic amines) is 1. The molecule has 1 aromatic carbocycles. The Balaban J connectivity index is 1.81. The van der Waals surface area contributed by atoms with Crippen molar-refractivity contribution in [3.8, 4) is 0 Å². The van der Waals surface area contributed by atoms with E-state index in [4.69, 9.17) is 0 Å². The fourth-order valence-electron chi connectivity index (χ4n) is 3.27. The largest absolute Gasteiger partial charge is 0.395 e. The fraction of sp³-hybridized carbons (Fsp3) is 0.389. The van der Waals surface area contributed by atoms with Crippen LogP contribution in [0.1, 0.15) is 22.7 Å². The van der Waals surface area contributed by atoms with E-state index in [1.54, 1.807) is 18.3 Å². The first-order valence-electron chi connectivity index (χ1n) is 7.79. The molecule has 0 unspecified atom stereocenters. The number of halogens is 1. The van der Waals surface area contributed by atoms with Crippen molar-refractivity contribution < 1.29 is 14.6 Å². The predicted molar refractivity (Wildman–Crippen MR) is 85.4 cm³/mol. The topological polar surface area (TPSA) is 56.6 Å². The Labute approximate surface area is 135 Å². The van der Waals surface area contributed by atoms with Crippen LogP contribution in [0.4, 0.5) is 4.39 Å². The summed E-state index contributed by atoms with van der Waals surface area (Å²) >= 11 is 0. The summed E-state index contributed by atoms with van der Waals surface area (Å²) in [4.78, 5) is 6.44. The first-order chi connectivity index (χ1) is 11.1. The molecule has 0 amide bonds. The summed E-state index contributed by atoms with van der Waals surface area (Å²) in [6.07, 6.45) is 1.06. The van der Waals surface area contributed by atoms with E-state index in [1.165, 1.54) is 12.1 Å². The zero-order chi connectivity index (χ0) is 16.4. The summed E-state index contributed by atoms with van der Waals surface area (Å²) in [7, 11) is 0. The average molecular weight is 316 g/mol. The maximum absolute atomic E-state index is 13.1. The van der Waals surface area contributed by atoms with Gasteiger partial charge in [0.05, 0.1) is 24.4 Å². The Morgan fingerprint density at radius 2 is 2.00 bits per heavy atom. The molecule has 5 heteroatoms. The first-order valence-corrected chi connectivity index (χ1v) is 7.79. The zero-order valence-corrected chi connectivity index (χ0v) is 13.1. The Morgan fingerprint density at radius 1 is 1.26 bits per heavy atom.